The molecule has 0 saturated carbocycles. The maximum Gasteiger partial charge on any atom is 0.144 e. The van der Waals surface area contributed by atoms with Crippen LogP contribution >= 0.6 is 0 Å². The topological polar surface area (TPSA) is 35.1 Å². The van der Waals surface area contributed by atoms with Gasteiger partial charge in [0.1, 0.15) is 11.3 Å². The number of imidazole rings is 1. The van der Waals surface area contributed by atoms with Crippen molar-refractivity contribution < 1.29 is 0 Å². The molecule has 0 spiro atoms. The smallest absolute Gasteiger partial charge is 0.144 e. The molecule has 0 atom stereocenters. The molecule has 0 amide bonds. The summed E-state index contributed by atoms with van der Waals surface area (Å²) in [6.45, 7) is 0. The standard InChI is InChI=1S/C30H24N4/c1-2-9-21(10-3-1)28-29(33-20-7-6-14-27(33)32-28)22-15-17-23(18-16-22)34-26-13-5-4-11-24(26)25-12-8-19-31-30(25)34/h1-3,6-10,12,14-20H,4-5,11,13H2. The van der Waals surface area contributed by atoms with E-state index in [2.05, 4.69) is 88.0 Å². The van der Waals surface area contributed by atoms with Gasteiger partial charge in [0.05, 0.1) is 11.4 Å². The van der Waals surface area contributed by atoms with Gasteiger partial charge in [-0.1, -0.05) is 48.5 Å². The minimum absolute atomic E-state index is 0.954. The van der Waals surface area contributed by atoms with E-state index in [1.165, 1.54) is 35.2 Å². The van der Waals surface area contributed by atoms with Crippen molar-refractivity contribution in [3.8, 4) is 28.2 Å². The third kappa shape index (κ3) is 2.92. The zero-order valence-electron chi connectivity index (χ0n) is 18.9. The van der Waals surface area contributed by atoms with Crippen LogP contribution in [0.25, 0.3) is 44.9 Å². The molecule has 1 aliphatic rings. The molecule has 2 aromatic carbocycles. The van der Waals surface area contributed by atoms with E-state index in [-0.39, 0.29) is 0 Å². The molecule has 4 nitrogen and oxygen atoms in total. The Labute approximate surface area is 198 Å². The van der Waals surface area contributed by atoms with Crippen LogP contribution in [-0.4, -0.2) is 18.9 Å². The van der Waals surface area contributed by atoms with Crippen LogP contribution in [0.4, 0.5) is 0 Å². The predicted molar refractivity (Wildman–Crippen MR) is 137 cm³/mol. The molecule has 0 fully saturated rings. The highest BCUT2D eigenvalue weighted by Crippen LogP contribution is 2.36. The minimum atomic E-state index is 0.954. The summed E-state index contributed by atoms with van der Waals surface area (Å²) < 4.78 is 4.56. The van der Waals surface area contributed by atoms with E-state index >= 15 is 0 Å². The maximum absolute atomic E-state index is 4.98. The summed E-state index contributed by atoms with van der Waals surface area (Å²) in [7, 11) is 0. The Morgan fingerprint density at radius 1 is 0.706 bits per heavy atom. The van der Waals surface area contributed by atoms with E-state index in [4.69, 9.17) is 9.97 Å². The molecule has 7 rings (SSSR count). The lowest BCUT2D eigenvalue weighted by Gasteiger charge is -2.16. The SMILES string of the molecule is c1ccc(-c2nc3ccccn3c2-c2ccc(-n3c4c(c5cccnc53)CCCC4)cc2)cc1. The first-order chi connectivity index (χ1) is 16.9. The number of hydrogen-bond acceptors (Lipinski definition) is 2. The molecule has 164 valence electrons. The van der Waals surface area contributed by atoms with E-state index in [1.807, 2.05) is 18.3 Å². The minimum Gasteiger partial charge on any atom is -0.299 e. The predicted octanol–water partition coefficient (Wildman–Crippen LogP) is 6.89. The Hall–Kier alpha value is -4.18. The third-order valence-electron chi connectivity index (χ3n) is 7.01. The van der Waals surface area contributed by atoms with Crippen molar-refractivity contribution in [2.75, 3.05) is 0 Å². The second-order valence-corrected chi connectivity index (χ2v) is 8.99. The summed E-state index contributed by atoms with van der Waals surface area (Å²) in [6, 6.07) is 29.8. The van der Waals surface area contributed by atoms with Gasteiger partial charge in [-0.15, -0.1) is 0 Å². The molecule has 0 saturated heterocycles. The average molecular weight is 441 g/mol. The number of pyridine rings is 2. The van der Waals surface area contributed by atoms with Gasteiger partial charge in [-0.25, -0.2) is 9.97 Å². The molecule has 6 aromatic rings. The lowest BCUT2D eigenvalue weighted by atomic mass is 9.96. The first-order valence-corrected chi connectivity index (χ1v) is 12.0. The van der Waals surface area contributed by atoms with Crippen LogP contribution in [0, 0.1) is 0 Å². The quantitative estimate of drug-likeness (QED) is 0.300. The Morgan fingerprint density at radius 3 is 2.41 bits per heavy atom. The number of fused-ring (bicyclic) bond motifs is 4. The Balaban J connectivity index is 1.40. The van der Waals surface area contributed by atoms with Gasteiger partial charge in [0.25, 0.3) is 0 Å². The van der Waals surface area contributed by atoms with Crippen molar-refractivity contribution in [3.05, 3.63) is 109 Å². The molecule has 0 N–H and O–H groups in total. The first-order valence-electron chi connectivity index (χ1n) is 12.0. The van der Waals surface area contributed by atoms with Crippen molar-refractivity contribution >= 4 is 16.7 Å². The molecular weight excluding hydrogens is 416 g/mol. The fourth-order valence-electron chi connectivity index (χ4n) is 5.48. The second-order valence-electron chi connectivity index (χ2n) is 8.99. The Morgan fingerprint density at radius 2 is 1.53 bits per heavy atom. The van der Waals surface area contributed by atoms with Gasteiger partial charge in [0, 0.05) is 40.3 Å². The van der Waals surface area contributed by atoms with Gasteiger partial charge in [0.2, 0.25) is 0 Å². The fraction of sp³-hybridized carbons (Fsp3) is 0.133. The number of benzene rings is 2. The molecule has 34 heavy (non-hydrogen) atoms. The highest BCUT2D eigenvalue weighted by molar-refractivity contribution is 5.85. The molecule has 0 unspecified atom stereocenters. The molecule has 4 heterocycles. The molecular formula is C30H24N4. The van der Waals surface area contributed by atoms with Crippen LogP contribution in [0.2, 0.25) is 0 Å². The van der Waals surface area contributed by atoms with Crippen LogP contribution in [0.5, 0.6) is 0 Å². The summed E-state index contributed by atoms with van der Waals surface area (Å²) in [5, 5.41) is 1.30. The van der Waals surface area contributed by atoms with Crippen molar-refractivity contribution in [3.63, 3.8) is 0 Å². The Kier molecular flexibility index (Phi) is 4.37. The Bertz CT molecular complexity index is 1640. The van der Waals surface area contributed by atoms with Crippen molar-refractivity contribution in [1.29, 1.82) is 0 Å². The summed E-state index contributed by atoms with van der Waals surface area (Å²) in [4.78, 5) is 9.76. The van der Waals surface area contributed by atoms with Crippen LogP contribution in [-0.2, 0) is 12.8 Å². The fourth-order valence-corrected chi connectivity index (χ4v) is 5.48. The van der Waals surface area contributed by atoms with E-state index in [9.17, 15) is 0 Å². The number of hydrogen-bond donors (Lipinski definition) is 0. The summed E-state index contributed by atoms with van der Waals surface area (Å²) in [6.07, 6.45) is 8.75. The molecule has 4 heteroatoms. The van der Waals surface area contributed by atoms with Gasteiger partial charge in [0.15, 0.2) is 0 Å². The number of aromatic nitrogens is 4. The van der Waals surface area contributed by atoms with E-state index in [0.29, 0.717) is 0 Å². The highest BCUT2D eigenvalue weighted by Gasteiger charge is 2.22. The van der Waals surface area contributed by atoms with Crippen LogP contribution in [0.3, 0.4) is 0 Å². The number of nitrogens with zero attached hydrogens (tertiary/aromatic N) is 4. The maximum atomic E-state index is 4.98. The van der Waals surface area contributed by atoms with Crippen molar-refractivity contribution in [1.82, 2.24) is 18.9 Å². The normalized spacial score (nSPS) is 13.4. The van der Waals surface area contributed by atoms with Gasteiger partial charge in [-0.05, 0) is 67.6 Å². The largest absolute Gasteiger partial charge is 0.299 e. The van der Waals surface area contributed by atoms with E-state index in [1.54, 1.807) is 0 Å². The lowest BCUT2D eigenvalue weighted by molar-refractivity contribution is 0.666. The van der Waals surface area contributed by atoms with Crippen LogP contribution in [0.1, 0.15) is 24.1 Å². The van der Waals surface area contributed by atoms with Gasteiger partial charge in [-0.2, -0.15) is 0 Å². The molecule has 0 radical (unpaired) electrons. The van der Waals surface area contributed by atoms with Gasteiger partial charge >= 0.3 is 0 Å². The van der Waals surface area contributed by atoms with E-state index in [0.717, 1.165) is 46.7 Å². The first kappa shape index (κ1) is 19.3. The number of rotatable bonds is 3. The second kappa shape index (κ2) is 7.70. The summed E-state index contributed by atoms with van der Waals surface area (Å²) in [5.74, 6) is 0. The van der Waals surface area contributed by atoms with Crippen molar-refractivity contribution in [2.24, 2.45) is 0 Å². The summed E-state index contributed by atoms with van der Waals surface area (Å²) >= 11 is 0. The van der Waals surface area contributed by atoms with Gasteiger partial charge < -0.3 is 0 Å². The third-order valence-corrected chi connectivity index (χ3v) is 7.01. The molecule has 0 bridgehead atoms. The summed E-state index contributed by atoms with van der Waals surface area (Å²) in [5.41, 5.74) is 10.5. The lowest BCUT2D eigenvalue weighted by Crippen LogP contribution is -2.07. The average Bonchev–Trinajstić information content (AvgIpc) is 3.46. The zero-order chi connectivity index (χ0) is 22.5. The molecule has 0 aliphatic heterocycles. The van der Waals surface area contributed by atoms with Crippen LogP contribution in [0.15, 0.2) is 97.3 Å². The van der Waals surface area contributed by atoms with Crippen LogP contribution < -0.4 is 0 Å². The highest BCUT2D eigenvalue weighted by atomic mass is 15.1. The zero-order valence-corrected chi connectivity index (χ0v) is 18.9. The number of aryl methyl sites for hydroxylation is 1. The molecule has 1 aliphatic carbocycles. The van der Waals surface area contributed by atoms with Gasteiger partial charge in [-0.3, -0.25) is 8.97 Å². The monoisotopic (exact) mass is 440 g/mol. The van der Waals surface area contributed by atoms with E-state index < -0.39 is 0 Å². The van der Waals surface area contributed by atoms with Crippen molar-refractivity contribution in [2.45, 2.75) is 25.7 Å². The molecule has 4 aromatic heterocycles.